The first kappa shape index (κ1) is 16.6. The fourth-order valence-electron chi connectivity index (χ4n) is 3.23. The molecule has 0 amide bonds. The van der Waals surface area contributed by atoms with E-state index in [4.69, 9.17) is 13.6 Å². The molecule has 0 radical (unpaired) electrons. The van der Waals surface area contributed by atoms with Crippen LogP contribution in [0.2, 0.25) is 0 Å². The summed E-state index contributed by atoms with van der Waals surface area (Å²) in [6, 6.07) is 10.3. The van der Waals surface area contributed by atoms with Gasteiger partial charge in [0.05, 0.1) is 0 Å². The van der Waals surface area contributed by atoms with Crippen molar-refractivity contribution in [3.05, 3.63) is 58.0 Å². The summed E-state index contributed by atoms with van der Waals surface area (Å²) in [5, 5.41) is 0. The molecule has 2 aromatic rings. The zero-order chi connectivity index (χ0) is 16.4. The van der Waals surface area contributed by atoms with Crippen molar-refractivity contribution in [2.45, 2.75) is 51.6 Å². The van der Waals surface area contributed by atoms with E-state index in [9.17, 15) is 4.79 Å². The fourth-order valence-corrected chi connectivity index (χ4v) is 3.23. The van der Waals surface area contributed by atoms with Gasteiger partial charge in [0.2, 0.25) is 0 Å². The Labute approximate surface area is 131 Å². The summed E-state index contributed by atoms with van der Waals surface area (Å²) < 4.78 is 15.5. The SMILES string of the molecule is COCc1oc(=O)oc1C(C)(C)CC(C)(C)c1ccccc1. The van der Waals surface area contributed by atoms with Crippen LogP contribution in [0.4, 0.5) is 0 Å². The first-order valence-electron chi connectivity index (χ1n) is 7.44. The Morgan fingerprint density at radius 1 is 1.00 bits per heavy atom. The van der Waals surface area contributed by atoms with Crippen LogP contribution in [0.15, 0.2) is 44.0 Å². The molecular formula is C18H24O4. The molecule has 0 unspecified atom stereocenters. The highest BCUT2D eigenvalue weighted by atomic mass is 16.6. The van der Waals surface area contributed by atoms with Gasteiger partial charge in [-0.05, 0) is 17.4 Å². The molecule has 0 aliphatic carbocycles. The van der Waals surface area contributed by atoms with Gasteiger partial charge in [0.1, 0.15) is 6.61 Å². The van der Waals surface area contributed by atoms with Crippen LogP contribution in [0.25, 0.3) is 0 Å². The Hall–Kier alpha value is -1.81. The molecule has 0 fully saturated rings. The molecule has 4 heteroatoms. The third-order valence-electron chi connectivity index (χ3n) is 3.97. The Balaban J connectivity index is 2.33. The second-order valence-electron chi connectivity index (χ2n) is 6.95. The molecule has 1 heterocycles. The minimum Gasteiger partial charge on any atom is -0.395 e. The molecule has 0 saturated carbocycles. The van der Waals surface area contributed by atoms with Crippen LogP contribution in [0.1, 0.15) is 51.2 Å². The van der Waals surface area contributed by atoms with Crippen LogP contribution in [-0.4, -0.2) is 7.11 Å². The lowest BCUT2D eigenvalue weighted by Crippen LogP contribution is -2.30. The molecule has 0 N–H and O–H groups in total. The highest BCUT2D eigenvalue weighted by Crippen LogP contribution is 2.39. The van der Waals surface area contributed by atoms with E-state index in [1.54, 1.807) is 7.11 Å². The molecule has 0 spiro atoms. The number of hydrogen-bond acceptors (Lipinski definition) is 4. The zero-order valence-corrected chi connectivity index (χ0v) is 13.9. The summed E-state index contributed by atoms with van der Waals surface area (Å²) in [6.45, 7) is 8.74. The Morgan fingerprint density at radius 2 is 1.64 bits per heavy atom. The van der Waals surface area contributed by atoms with Gasteiger partial charge in [-0.15, -0.1) is 0 Å². The second kappa shape index (κ2) is 6.13. The van der Waals surface area contributed by atoms with Crippen LogP contribution in [0.5, 0.6) is 0 Å². The Bertz CT molecular complexity index is 662. The highest BCUT2D eigenvalue weighted by Gasteiger charge is 2.36. The summed E-state index contributed by atoms with van der Waals surface area (Å²) in [5.41, 5.74) is 0.840. The van der Waals surface area contributed by atoms with Crippen molar-refractivity contribution in [2.24, 2.45) is 0 Å². The highest BCUT2D eigenvalue weighted by molar-refractivity contribution is 5.26. The van der Waals surface area contributed by atoms with Gasteiger partial charge in [0, 0.05) is 12.5 Å². The van der Waals surface area contributed by atoms with Gasteiger partial charge in [-0.3, -0.25) is 0 Å². The Kier molecular flexibility index (Phi) is 4.61. The Morgan fingerprint density at radius 3 is 2.23 bits per heavy atom. The summed E-state index contributed by atoms with van der Waals surface area (Å²) in [7, 11) is 1.57. The average molecular weight is 304 g/mol. The summed E-state index contributed by atoms with van der Waals surface area (Å²) in [4.78, 5) is 11.5. The van der Waals surface area contributed by atoms with Crippen molar-refractivity contribution in [1.82, 2.24) is 0 Å². The van der Waals surface area contributed by atoms with Crippen molar-refractivity contribution in [3.63, 3.8) is 0 Å². The molecule has 0 atom stereocenters. The minimum atomic E-state index is -0.673. The van der Waals surface area contributed by atoms with Gasteiger partial charge >= 0.3 is 5.82 Å². The predicted octanol–water partition coefficient (Wildman–Crippen LogP) is 4.02. The molecule has 2 rings (SSSR count). The number of ether oxygens (including phenoxy) is 1. The third kappa shape index (κ3) is 3.50. The smallest absolute Gasteiger partial charge is 0.395 e. The summed E-state index contributed by atoms with van der Waals surface area (Å²) in [6.07, 6.45) is 0.809. The standard InChI is InChI=1S/C18H24O4/c1-17(2,13-9-7-6-8-10-13)12-18(3,4)15-14(11-20-5)21-16(19)22-15/h6-10H,11-12H2,1-5H3. The lowest BCUT2D eigenvalue weighted by molar-refractivity contribution is 0.159. The molecule has 1 aromatic carbocycles. The van der Waals surface area contributed by atoms with Crippen LogP contribution < -0.4 is 5.82 Å². The fraction of sp³-hybridized carbons (Fsp3) is 0.500. The van der Waals surface area contributed by atoms with E-state index in [0.717, 1.165) is 6.42 Å². The lowest BCUT2D eigenvalue weighted by Gasteiger charge is -2.34. The average Bonchev–Trinajstić information content (AvgIpc) is 2.81. The van der Waals surface area contributed by atoms with E-state index in [2.05, 4.69) is 39.8 Å². The van der Waals surface area contributed by atoms with Crippen LogP contribution in [0.3, 0.4) is 0 Å². The number of rotatable bonds is 6. The monoisotopic (exact) mass is 304 g/mol. The van der Waals surface area contributed by atoms with Crippen molar-refractivity contribution < 1.29 is 13.6 Å². The molecule has 120 valence electrons. The normalized spacial score (nSPS) is 12.6. The molecule has 4 nitrogen and oxygen atoms in total. The zero-order valence-electron chi connectivity index (χ0n) is 13.9. The number of benzene rings is 1. The minimum absolute atomic E-state index is 0.0645. The van der Waals surface area contributed by atoms with E-state index in [-0.39, 0.29) is 17.4 Å². The molecule has 0 aliphatic heterocycles. The molecule has 1 aromatic heterocycles. The maximum atomic E-state index is 11.5. The molecular weight excluding hydrogens is 280 g/mol. The van der Waals surface area contributed by atoms with Crippen LogP contribution >= 0.6 is 0 Å². The molecule has 0 bridgehead atoms. The maximum Gasteiger partial charge on any atom is 0.519 e. The predicted molar refractivity (Wildman–Crippen MR) is 85.1 cm³/mol. The van der Waals surface area contributed by atoms with E-state index >= 15 is 0 Å². The lowest BCUT2D eigenvalue weighted by atomic mass is 9.70. The summed E-state index contributed by atoms with van der Waals surface area (Å²) in [5.74, 6) is 0.373. The van der Waals surface area contributed by atoms with Crippen molar-refractivity contribution in [3.8, 4) is 0 Å². The van der Waals surface area contributed by atoms with Gasteiger partial charge in [-0.25, -0.2) is 4.79 Å². The van der Waals surface area contributed by atoms with Crippen LogP contribution in [-0.2, 0) is 22.2 Å². The number of methoxy groups -OCH3 is 1. The third-order valence-corrected chi connectivity index (χ3v) is 3.97. The van der Waals surface area contributed by atoms with E-state index < -0.39 is 5.82 Å². The van der Waals surface area contributed by atoms with Crippen molar-refractivity contribution in [2.75, 3.05) is 7.11 Å². The van der Waals surface area contributed by atoms with Gasteiger partial charge in [-0.1, -0.05) is 58.0 Å². The van der Waals surface area contributed by atoms with E-state index in [1.165, 1.54) is 5.56 Å². The van der Waals surface area contributed by atoms with Crippen molar-refractivity contribution >= 4 is 0 Å². The topological polar surface area (TPSA) is 52.6 Å². The summed E-state index contributed by atoms with van der Waals surface area (Å²) >= 11 is 0. The first-order valence-corrected chi connectivity index (χ1v) is 7.44. The van der Waals surface area contributed by atoms with Crippen LogP contribution in [0, 0.1) is 0 Å². The molecule has 0 saturated heterocycles. The van der Waals surface area contributed by atoms with Crippen molar-refractivity contribution in [1.29, 1.82) is 0 Å². The number of hydrogen-bond donors (Lipinski definition) is 0. The van der Waals surface area contributed by atoms with Gasteiger partial charge in [-0.2, -0.15) is 0 Å². The molecule has 22 heavy (non-hydrogen) atoms. The van der Waals surface area contributed by atoms with Gasteiger partial charge in [0.15, 0.2) is 11.5 Å². The quantitative estimate of drug-likeness (QED) is 0.808. The molecule has 0 aliphatic rings. The van der Waals surface area contributed by atoms with Gasteiger partial charge < -0.3 is 13.6 Å². The largest absolute Gasteiger partial charge is 0.519 e. The maximum absolute atomic E-state index is 11.5. The van der Waals surface area contributed by atoms with E-state index in [1.807, 2.05) is 18.2 Å². The second-order valence-corrected chi connectivity index (χ2v) is 6.95. The first-order chi connectivity index (χ1) is 10.3. The van der Waals surface area contributed by atoms with Gasteiger partial charge in [0.25, 0.3) is 0 Å². The van der Waals surface area contributed by atoms with E-state index in [0.29, 0.717) is 11.5 Å².